The fraction of sp³-hybridized carbons (Fsp3) is 0.417. The number of nitrogens with zero attached hydrogens (tertiary/aromatic N) is 3. The summed E-state index contributed by atoms with van der Waals surface area (Å²) >= 11 is 1.38. The summed E-state index contributed by atoms with van der Waals surface area (Å²) in [5, 5.41) is 0.726. The number of carbonyl (C=O) groups is 1. The average molecular weight is 488 g/mol. The van der Waals surface area contributed by atoms with Crippen molar-refractivity contribution in [3.05, 3.63) is 48.5 Å². The molecular weight excluding hydrogens is 458 g/mol. The van der Waals surface area contributed by atoms with Gasteiger partial charge in [0.15, 0.2) is 15.0 Å². The van der Waals surface area contributed by atoms with Crippen LogP contribution in [0.3, 0.4) is 0 Å². The number of sulfone groups is 1. The minimum absolute atomic E-state index is 0.0470. The third kappa shape index (κ3) is 5.35. The number of carbonyl (C=O) groups excluding carboxylic acids is 1. The van der Waals surface area contributed by atoms with Crippen molar-refractivity contribution >= 4 is 38.5 Å². The molecule has 7 nitrogen and oxygen atoms in total. The fourth-order valence-corrected chi connectivity index (χ4v) is 6.84. The fourth-order valence-electron chi connectivity index (χ4n) is 4.19. The van der Waals surface area contributed by atoms with Gasteiger partial charge in [0, 0.05) is 18.3 Å². The molecule has 0 unspecified atom stereocenters. The molecule has 0 N–H and O–H groups in total. The molecule has 1 aliphatic heterocycles. The summed E-state index contributed by atoms with van der Waals surface area (Å²) in [5.74, 6) is 1.18. The lowest BCUT2D eigenvalue weighted by atomic mass is 10.2. The molecule has 0 radical (unpaired) electrons. The van der Waals surface area contributed by atoms with Gasteiger partial charge in [-0.15, -0.1) is 0 Å². The van der Waals surface area contributed by atoms with Crippen LogP contribution >= 0.6 is 11.8 Å². The smallest absolute Gasteiger partial charge is 0.233 e. The van der Waals surface area contributed by atoms with Gasteiger partial charge in [-0.3, -0.25) is 9.36 Å². The second kappa shape index (κ2) is 10.2. The van der Waals surface area contributed by atoms with Crippen LogP contribution in [-0.2, 0) is 14.6 Å². The highest BCUT2D eigenvalue weighted by Crippen LogP contribution is 2.29. The molecule has 1 aliphatic rings. The number of hydrogen-bond acceptors (Lipinski definition) is 6. The maximum atomic E-state index is 13.1. The lowest BCUT2D eigenvalue weighted by Crippen LogP contribution is -2.42. The summed E-state index contributed by atoms with van der Waals surface area (Å²) in [7, 11) is -3.05. The minimum atomic E-state index is -3.05. The zero-order valence-electron chi connectivity index (χ0n) is 18.9. The zero-order chi connectivity index (χ0) is 23.4. The largest absolute Gasteiger partial charge is 0.494 e. The minimum Gasteiger partial charge on any atom is -0.494 e. The predicted octanol–water partition coefficient (Wildman–Crippen LogP) is 3.94. The van der Waals surface area contributed by atoms with Crippen LogP contribution in [0.5, 0.6) is 5.75 Å². The van der Waals surface area contributed by atoms with Gasteiger partial charge in [0.2, 0.25) is 5.91 Å². The van der Waals surface area contributed by atoms with Crippen molar-refractivity contribution in [1.82, 2.24) is 14.5 Å². The van der Waals surface area contributed by atoms with Gasteiger partial charge in [0.1, 0.15) is 5.75 Å². The second-order valence-corrected chi connectivity index (χ2v) is 11.2. The first-order valence-electron chi connectivity index (χ1n) is 11.2. The third-order valence-corrected chi connectivity index (χ3v) is 8.37. The Hall–Kier alpha value is -2.52. The molecule has 2 aromatic carbocycles. The van der Waals surface area contributed by atoms with Gasteiger partial charge in [0.25, 0.3) is 0 Å². The van der Waals surface area contributed by atoms with Gasteiger partial charge in [-0.2, -0.15) is 0 Å². The maximum absolute atomic E-state index is 13.1. The van der Waals surface area contributed by atoms with Crippen LogP contribution in [-0.4, -0.2) is 65.2 Å². The summed E-state index contributed by atoms with van der Waals surface area (Å²) in [6.07, 6.45) is 1.31. The van der Waals surface area contributed by atoms with Gasteiger partial charge in [-0.1, -0.05) is 30.8 Å². The summed E-state index contributed by atoms with van der Waals surface area (Å²) < 4.78 is 31.5. The van der Waals surface area contributed by atoms with E-state index in [9.17, 15) is 13.2 Å². The van der Waals surface area contributed by atoms with E-state index in [1.807, 2.05) is 66.9 Å². The Morgan fingerprint density at radius 2 is 1.94 bits per heavy atom. The van der Waals surface area contributed by atoms with E-state index >= 15 is 0 Å². The summed E-state index contributed by atoms with van der Waals surface area (Å²) in [6, 6.07) is 15.5. The van der Waals surface area contributed by atoms with Gasteiger partial charge in [-0.25, -0.2) is 13.4 Å². The highest BCUT2D eigenvalue weighted by atomic mass is 32.2. The molecule has 0 aliphatic carbocycles. The lowest BCUT2D eigenvalue weighted by molar-refractivity contribution is -0.130. The quantitative estimate of drug-likeness (QED) is 0.425. The third-order valence-electron chi connectivity index (χ3n) is 5.69. The predicted molar refractivity (Wildman–Crippen MR) is 132 cm³/mol. The number of thioether (sulfide) groups is 1. The number of benzene rings is 2. The Morgan fingerprint density at radius 1 is 1.18 bits per heavy atom. The normalized spacial score (nSPS) is 17.3. The Balaban J connectivity index is 1.58. The monoisotopic (exact) mass is 487 g/mol. The first-order valence-corrected chi connectivity index (χ1v) is 14.1. The molecule has 33 heavy (non-hydrogen) atoms. The van der Waals surface area contributed by atoms with Crippen LogP contribution in [0.2, 0.25) is 0 Å². The second-order valence-electron chi connectivity index (χ2n) is 8.08. The van der Waals surface area contributed by atoms with Crippen molar-refractivity contribution in [1.29, 1.82) is 0 Å². The Bertz CT molecular complexity index is 1220. The van der Waals surface area contributed by atoms with Gasteiger partial charge in [-0.05, 0) is 56.2 Å². The highest BCUT2D eigenvalue weighted by molar-refractivity contribution is 7.99. The molecule has 1 amide bonds. The van der Waals surface area contributed by atoms with E-state index in [-0.39, 0.29) is 29.2 Å². The van der Waals surface area contributed by atoms with Crippen molar-refractivity contribution in [2.24, 2.45) is 0 Å². The van der Waals surface area contributed by atoms with Crippen molar-refractivity contribution in [3.63, 3.8) is 0 Å². The molecule has 0 spiro atoms. The first-order chi connectivity index (χ1) is 15.9. The molecule has 176 valence electrons. The van der Waals surface area contributed by atoms with Crippen molar-refractivity contribution < 1.29 is 17.9 Å². The Labute approximate surface area is 199 Å². The molecular formula is C24H29N3O4S2. The molecule has 1 fully saturated rings. The molecule has 9 heteroatoms. The van der Waals surface area contributed by atoms with Crippen molar-refractivity contribution in [2.75, 3.05) is 30.4 Å². The molecule has 1 atom stereocenters. The van der Waals surface area contributed by atoms with Crippen LogP contribution in [0.25, 0.3) is 16.7 Å². The number of aromatic nitrogens is 2. The van der Waals surface area contributed by atoms with Crippen LogP contribution in [0.4, 0.5) is 0 Å². The van der Waals surface area contributed by atoms with E-state index in [0.29, 0.717) is 19.6 Å². The number of para-hydroxylation sites is 2. The van der Waals surface area contributed by atoms with Crippen molar-refractivity contribution in [2.45, 2.75) is 37.9 Å². The van der Waals surface area contributed by atoms with E-state index in [2.05, 4.69) is 0 Å². The van der Waals surface area contributed by atoms with Crippen LogP contribution in [0.1, 0.15) is 26.7 Å². The number of ether oxygens (including phenoxy) is 1. The number of hydrogen-bond donors (Lipinski definition) is 0. The maximum Gasteiger partial charge on any atom is 0.233 e. The zero-order valence-corrected chi connectivity index (χ0v) is 20.6. The molecule has 2 heterocycles. The molecule has 1 saturated heterocycles. The SMILES string of the molecule is CCCN(C(=O)CSc1nc2ccccc2n1-c1ccc(OCC)cc1)[C@H]1CCS(=O)(=O)C1. The van der Waals surface area contributed by atoms with E-state index in [4.69, 9.17) is 9.72 Å². The van der Waals surface area contributed by atoms with E-state index in [1.54, 1.807) is 4.90 Å². The standard InChI is InChI=1S/C24H29N3O4S2/c1-3-14-26(19-13-15-33(29,30)17-19)23(28)16-32-24-25-21-7-5-6-8-22(21)27(24)18-9-11-20(12-10-18)31-4-2/h5-12,19H,3-4,13-17H2,1-2H3/t19-/m0/s1. The van der Waals surface area contributed by atoms with Gasteiger partial charge in [0.05, 0.1) is 34.9 Å². The number of fused-ring (bicyclic) bond motifs is 1. The average Bonchev–Trinajstić information content (AvgIpc) is 3.36. The molecule has 4 rings (SSSR count). The molecule has 0 saturated carbocycles. The van der Waals surface area contributed by atoms with E-state index in [0.717, 1.165) is 34.0 Å². The molecule has 0 bridgehead atoms. The first kappa shape index (κ1) is 23.6. The summed E-state index contributed by atoms with van der Waals surface area (Å²) in [4.78, 5) is 19.7. The van der Waals surface area contributed by atoms with Crippen LogP contribution in [0, 0.1) is 0 Å². The van der Waals surface area contributed by atoms with Crippen LogP contribution < -0.4 is 4.74 Å². The topological polar surface area (TPSA) is 81.5 Å². The number of imidazole rings is 1. The number of amides is 1. The summed E-state index contributed by atoms with van der Waals surface area (Å²) in [5.41, 5.74) is 2.76. The van der Waals surface area contributed by atoms with Gasteiger partial charge >= 0.3 is 0 Å². The Kier molecular flexibility index (Phi) is 7.29. The molecule has 1 aromatic heterocycles. The van der Waals surface area contributed by atoms with Crippen LogP contribution in [0.15, 0.2) is 53.7 Å². The van der Waals surface area contributed by atoms with E-state index in [1.165, 1.54) is 11.8 Å². The van der Waals surface area contributed by atoms with E-state index < -0.39 is 9.84 Å². The Morgan fingerprint density at radius 3 is 2.61 bits per heavy atom. The lowest BCUT2D eigenvalue weighted by Gasteiger charge is -2.27. The number of rotatable bonds is 9. The van der Waals surface area contributed by atoms with Gasteiger partial charge < -0.3 is 9.64 Å². The summed E-state index contributed by atoms with van der Waals surface area (Å²) in [6.45, 7) is 5.12. The molecule has 3 aromatic rings. The van der Waals surface area contributed by atoms with Crippen molar-refractivity contribution in [3.8, 4) is 11.4 Å². The highest BCUT2D eigenvalue weighted by Gasteiger charge is 2.34.